The highest BCUT2D eigenvalue weighted by molar-refractivity contribution is 5.73. The Morgan fingerprint density at radius 2 is 1.24 bits per heavy atom. The van der Waals surface area contributed by atoms with Gasteiger partial charge in [0.05, 0.1) is 12.7 Å². The number of aliphatic hydroxyl groups is 9. The summed E-state index contributed by atoms with van der Waals surface area (Å²) < 4.78 is 26.0. The van der Waals surface area contributed by atoms with E-state index in [4.69, 9.17) is 28.8 Å². The molecule has 16 heteroatoms. The first kappa shape index (κ1) is 27.5. The summed E-state index contributed by atoms with van der Waals surface area (Å²) in [6.07, 6.45) is -25.9. The summed E-state index contributed by atoms with van der Waals surface area (Å²) in [5.74, 6) is -1.66. The molecule has 198 valence electrons. The minimum Gasteiger partial charge on any atom is -0.479 e. The maximum absolute atomic E-state index is 11.1. The number of ether oxygens (including phenoxy) is 5. The van der Waals surface area contributed by atoms with Gasteiger partial charge in [-0.05, 0) is 6.92 Å². The van der Waals surface area contributed by atoms with Gasteiger partial charge in [-0.1, -0.05) is 0 Å². The van der Waals surface area contributed by atoms with Crippen LogP contribution in [0.3, 0.4) is 0 Å². The normalized spacial score (nSPS) is 52.4. The molecule has 34 heavy (non-hydrogen) atoms. The first-order valence-corrected chi connectivity index (χ1v) is 10.4. The molecule has 10 N–H and O–H groups in total. The lowest BCUT2D eigenvalue weighted by Crippen LogP contribution is -2.66. The lowest BCUT2D eigenvalue weighted by molar-refractivity contribution is -0.378. The topological polar surface area (TPSA) is 266 Å². The van der Waals surface area contributed by atoms with Gasteiger partial charge in [-0.3, -0.25) is 0 Å². The molecule has 0 unspecified atom stereocenters. The molecule has 3 saturated heterocycles. The zero-order chi connectivity index (χ0) is 25.5. The van der Waals surface area contributed by atoms with Crippen molar-refractivity contribution in [2.75, 3.05) is 6.61 Å². The van der Waals surface area contributed by atoms with Gasteiger partial charge in [-0.15, -0.1) is 0 Å². The summed E-state index contributed by atoms with van der Waals surface area (Å²) in [4.78, 5) is 11.1. The van der Waals surface area contributed by atoms with Crippen LogP contribution in [0.5, 0.6) is 0 Å². The van der Waals surface area contributed by atoms with Gasteiger partial charge < -0.3 is 74.7 Å². The van der Waals surface area contributed by atoms with Crippen molar-refractivity contribution in [3.63, 3.8) is 0 Å². The van der Waals surface area contributed by atoms with Gasteiger partial charge in [-0.25, -0.2) is 4.79 Å². The van der Waals surface area contributed by atoms with Crippen LogP contribution >= 0.6 is 0 Å². The molecular formula is C18H30O16. The third-order valence-electron chi connectivity index (χ3n) is 6.02. The maximum Gasteiger partial charge on any atom is 0.335 e. The summed E-state index contributed by atoms with van der Waals surface area (Å²) in [5, 5.41) is 99.6. The van der Waals surface area contributed by atoms with E-state index in [0.717, 1.165) is 0 Å². The Labute approximate surface area is 192 Å². The Morgan fingerprint density at radius 1 is 0.706 bits per heavy atom. The first-order chi connectivity index (χ1) is 15.9. The van der Waals surface area contributed by atoms with E-state index >= 15 is 0 Å². The predicted molar refractivity (Wildman–Crippen MR) is 100 cm³/mol. The maximum atomic E-state index is 11.1. The van der Waals surface area contributed by atoms with Crippen LogP contribution < -0.4 is 0 Å². The van der Waals surface area contributed by atoms with Crippen LogP contribution in [-0.4, -0.2) is 156 Å². The quantitative estimate of drug-likeness (QED) is 0.162. The molecule has 0 aliphatic carbocycles. The molecule has 0 amide bonds. The highest BCUT2D eigenvalue weighted by Gasteiger charge is 2.53. The second-order valence-electron chi connectivity index (χ2n) is 8.36. The number of carbonyl (C=O) groups is 1. The van der Waals surface area contributed by atoms with E-state index in [0.29, 0.717) is 0 Å². The van der Waals surface area contributed by atoms with Gasteiger partial charge in [0.25, 0.3) is 0 Å². The van der Waals surface area contributed by atoms with Gasteiger partial charge in [0.2, 0.25) is 0 Å². The summed E-state index contributed by atoms with van der Waals surface area (Å²) in [5.41, 5.74) is 0. The predicted octanol–water partition coefficient (Wildman–Crippen LogP) is -6.45. The number of rotatable bonds is 6. The lowest BCUT2D eigenvalue weighted by atomic mass is 9.96. The van der Waals surface area contributed by atoms with Crippen molar-refractivity contribution in [1.29, 1.82) is 0 Å². The van der Waals surface area contributed by atoms with E-state index < -0.39 is 105 Å². The molecular weight excluding hydrogens is 472 g/mol. The third-order valence-corrected chi connectivity index (χ3v) is 6.02. The molecule has 3 fully saturated rings. The fourth-order valence-corrected chi connectivity index (χ4v) is 3.97. The Bertz CT molecular complexity index is 693. The van der Waals surface area contributed by atoms with E-state index in [-0.39, 0.29) is 0 Å². The van der Waals surface area contributed by atoms with E-state index in [2.05, 4.69) is 0 Å². The molecule has 3 aliphatic heterocycles. The minimum atomic E-state index is -2.07. The van der Waals surface area contributed by atoms with Crippen molar-refractivity contribution in [2.45, 2.75) is 99.0 Å². The molecule has 0 aromatic carbocycles. The molecule has 15 atom stereocenters. The number of carboxylic acid groups (broad SMARTS) is 1. The Hall–Kier alpha value is -1.09. The smallest absolute Gasteiger partial charge is 0.335 e. The van der Waals surface area contributed by atoms with Crippen LogP contribution in [-0.2, 0) is 28.5 Å². The Morgan fingerprint density at radius 3 is 1.82 bits per heavy atom. The number of carboxylic acids is 1. The third kappa shape index (κ3) is 5.20. The highest BCUT2D eigenvalue weighted by atomic mass is 16.8. The van der Waals surface area contributed by atoms with Crippen molar-refractivity contribution >= 4 is 5.97 Å². The summed E-state index contributed by atoms with van der Waals surface area (Å²) in [6, 6.07) is 0. The van der Waals surface area contributed by atoms with Crippen molar-refractivity contribution in [3.8, 4) is 0 Å². The first-order valence-electron chi connectivity index (χ1n) is 10.4. The molecule has 3 aliphatic rings. The van der Waals surface area contributed by atoms with Crippen LogP contribution in [0, 0.1) is 0 Å². The number of aliphatic carboxylic acids is 1. The van der Waals surface area contributed by atoms with Gasteiger partial charge in [0.1, 0.15) is 61.0 Å². The monoisotopic (exact) mass is 502 g/mol. The zero-order valence-corrected chi connectivity index (χ0v) is 17.8. The fraction of sp³-hybridized carbons (Fsp3) is 0.944. The van der Waals surface area contributed by atoms with E-state index in [1.54, 1.807) is 0 Å². The van der Waals surface area contributed by atoms with Gasteiger partial charge in [0.15, 0.2) is 25.0 Å². The molecule has 0 spiro atoms. The molecule has 0 radical (unpaired) electrons. The number of hydrogen-bond donors (Lipinski definition) is 10. The zero-order valence-electron chi connectivity index (χ0n) is 17.8. The highest BCUT2D eigenvalue weighted by Crippen LogP contribution is 2.32. The lowest BCUT2D eigenvalue weighted by Gasteiger charge is -2.47. The Balaban J connectivity index is 1.70. The SMILES string of the molecule is C[C@@H]1O[C@@H](O[C@@H]2[C@H](O)[C@@H](O)[C@H](O[C@@H]3[C@@H](O)[C@H](O)[C@@H](C(=O)O)O[C@H]3O)O[C@@H]2CO)[C@H](O)[C@H](O)[C@H]1O. The van der Waals surface area contributed by atoms with Crippen LogP contribution in [0.4, 0.5) is 0 Å². The molecule has 16 nitrogen and oxygen atoms in total. The average molecular weight is 502 g/mol. The van der Waals surface area contributed by atoms with Crippen LogP contribution in [0.15, 0.2) is 0 Å². The molecule has 0 aromatic heterocycles. The van der Waals surface area contributed by atoms with Crippen molar-refractivity contribution < 1.29 is 79.5 Å². The van der Waals surface area contributed by atoms with Crippen molar-refractivity contribution in [2.24, 2.45) is 0 Å². The number of aliphatic hydroxyl groups excluding tert-OH is 9. The standard InChI is InChI=1S/C18H30O16/c1-3-5(20)6(21)10(25)17(30-3)33-12-4(2-19)31-18(11(26)9(12)24)34-14-8(23)7(22)13(15(27)28)32-16(14)29/h3-14,16-26,29H,2H2,1H3,(H,27,28)/t3-,4+,5-,6+,7-,8-,9+,10+,11+,12-,13-,14+,16+,17-,18-/m0/s1. The van der Waals surface area contributed by atoms with Gasteiger partial charge in [-0.2, -0.15) is 0 Å². The van der Waals surface area contributed by atoms with Crippen molar-refractivity contribution in [3.05, 3.63) is 0 Å². The van der Waals surface area contributed by atoms with Crippen LogP contribution in [0.1, 0.15) is 6.92 Å². The van der Waals surface area contributed by atoms with E-state index in [1.165, 1.54) is 6.92 Å². The molecule has 0 aromatic rings. The van der Waals surface area contributed by atoms with Crippen LogP contribution in [0.2, 0.25) is 0 Å². The largest absolute Gasteiger partial charge is 0.479 e. The number of hydrogen-bond acceptors (Lipinski definition) is 15. The summed E-state index contributed by atoms with van der Waals surface area (Å²) in [7, 11) is 0. The van der Waals surface area contributed by atoms with Crippen molar-refractivity contribution in [1.82, 2.24) is 0 Å². The van der Waals surface area contributed by atoms with E-state index in [1.807, 2.05) is 0 Å². The average Bonchev–Trinajstić information content (AvgIpc) is 2.79. The molecule has 3 rings (SSSR count). The molecule has 0 saturated carbocycles. The molecule has 0 bridgehead atoms. The Kier molecular flexibility index (Phi) is 8.81. The second-order valence-corrected chi connectivity index (χ2v) is 8.36. The van der Waals surface area contributed by atoms with Crippen LogP contribution in [0.25, 0.3) is 0 Å². The fourth-order valence-electron chi connectivity index (χ4n) is 3.97. The minimum absolute atomic E-state index is 0.826. The van der Waals surface area contributed by atoms with Gasteiger partial charge >= 0.3 is 5.97 Å². The molecule has 3 heterocycles. The summed E-state index contributed by atoms with van der Waals surface area (Å²) in [6.45, 7) is 0.562. The summed E-state index contributed by atoms with van der Waals surface area (Å²) >= 11 is 0. The van der Waals surface area contributed by atoms with Gasteiger partial charge in [0, 0.05) is 0 Å². The van der Waals surface area contributed by atoms with E-state index in [9.17, 15) is 50.8 Å². The second kappa shape index (κ2) is 10.9.